The van der Waals surface area contributed by atoms with Gasteiger partial charge in [-0.15, -0.1) is 0 Å². The Balaban J connectivity index is 0. The molecule has 0 aliphatic heterocycles. The van der Waals surface area contributed by atoms with Crippen LogP contribution in [0.3, 0.4) is 0 Å². The van der Waals surface area contributed by atoms with Gasteiger partial charge in [0.2, 0.25) is 0 Å². The molecule has 0 aromatic heterocycles. The van der Waals surface area contributed by atoms with Crippen LogP contribution in [0.1, 0.15) is 0 Å². The van der Waals surface area contributed by atoms with Gasteiger partial charge in [-0.1, -0.05) is 0 Å². The number of rotatable bonds is 0. The predicted octanol–water partition coefficient (Wildman–Crippen LogP) is -2.64. The van der Waals surface area contributed by atoms with Gasteiger partial charge in [-0.3, -0.25) is 0 Å². The van der Waals surface area contributed by atoms with Crippen molar-refractivity contribution in [3.63, 3.8) is 0 Å². The molecule has 0 aromatic rings. The van der Waals surface area contributed by atoms with Gasteiger partial charge in [-0.05, 0) is 11.0 Å². The summed E-state index contributed by atoms with van der Waals surface area (Å²) in [5.41, 5.74) is 0. The van der Waals surface area contributed by atoms with E-state index in [0.717, 1.165) is 0 Å². The van der Waals surface area contributed by atoms with Gasteiger partial charge in [0, 0.05) is 41.2 Å². The first-order valence-electron chi connectivity index (χ1n) is 0. The monoisotopic (exact) mass is 174 g/mol. The Labute approximate surface area is 68.9 Å². The van der Waals surface area contributed by atoms with Crippen LogP contribution in [0.25, 0.3) is 0 Å². The van der Waals surface area contributed by atoms with E-state index >= 15 is 0 Å². The van der Waals surface area contributed by atoms with Crippen LogP contribution >= 0.6 is 0 Å². The molecular weight excluding hydrogens is 168 g/mol. The van der Waals surface area contributed by atoms with Crippen molar-refractivity contribution in [1.29, 1.82) is 0 Å². The molecule has 0 nitrogen and oxygen atoms in total. The Kier molecular flexibility index (Phi) is 176. The Morgan fingerprint density at radius 2 is 1.00 bits per heavy atom. The third-order valence-electron chi connectivity index (χ3n) is 0. The number of hydrogen-bond donors (Lipinski definition) is 0. The molecule has 0 fully saturated rings. The van der Waals surface area contributed by atoms with E-state index in [0.29, 0.717) is 0 Å². The van der Waals surface area contributed by atoms with Crippen molar-refractivity contribution >= 4 is 28.3 Å². The summed E-state index contributed by atoms with van der Waals surface area (Å²) in [6.07, 6.45) is 0. The zero-order valence-electron chi connectivity index (χ0n) is 1.21. The first-order valence-corrected chi connectivity index (χ1v) is 0. The standard InChI is InChI=1S/Al.H4Si.Ti.Zn.3H/h;1H4;;;;;. The second kappa shape index (κ2) is 19.5. The van der Waals surface area contributed by atoms with Crippen molar-refractivity contribution in [3.05, 3.63) is 0 Å². The molecule has 0 saturated carbocycles. The Morgan fingerprint density at radius 3 is 1.00 bits per heavy atom. The van der Waals surface area contributed by atoms with Gasteiger partial charge in [0.1, 0.15) is 0 Å². The maximum Gasteiger partial charge on any atom is 0.187 e. The largest absolute Gasteiger partial charge is 0.187 e. The first kappa shape index (κ1) is 36.2. The average Bonchev–Trinajstić information content (AvgIpc) is 0. The SMILES string of the molecule is [AlH3].[SiH4].[Ti].[Zn]. The van der Waals surface area contributed by atoms with Gasteiger partial charge in [0.15, 0.2) is 17.4 Å². The summed E-state index contributed by atoms with van der Waals surface area (Å²) in [6, 6.07) is 0. The fourth-order valence-electron chi connectivity index (χ4n) is 0. The zero-order chi connectivity index (χ0) is 0. The van der Waals surface area contributed by atoms with Gasteiger partial charge >= 0.3 is 0 Å². The van der Waals surface area contributed by atoms with Crippen molar-refractivity contribution < 1.29 is 41.2 Å². The molecule has 0 rings (SSSR count). The van der Waals surface area contributed by atoms with Crippen molar-refractivity contribution in [3.8, 4) is 0 Å². The van der Waals surface area contributed by atoms with Crippen LogP contribution in [-0.4, -0.2) is 28.3 Å². The topological polar surface area (TPSA) is 0 Å². The van der Waals surface area contributed by atoms with Crippen LogP contribution in [0.4, 0.5) is 0 Å². The zero-order valence-corrected chi connectivity index (χ0v) is 5.74. The Bertz CT molecular complexity index is 8.00. The molecule has 0 bridgehead atoms. The summed E-state index contributed by atoms with van der Waals surface area (Å²) in [7, 11) is 0. The maximum absolute atomic E-state index is 0. The van der Waals surface area contributed by atoms with Gasteiger partial charge in [-0.25, -0.2) is 0 Å². The molecule has 4 heavy (non-hydrogen) atoms. The van der Waals surface area contributed by atoms with Gasteiger partial charge in [0.05, 0.1) is 0 Å². The third-order valence-corrected chi connectivity index (χ3v) is 0. The maximum atomic E-state index is 0. The van der Waals surface area contributed by atoms with E-state index < -0.39 is 0 Å². The summed E-state index contributed by atoms with van der Waals surface area (Å²) in [6.45, 7) is 0. The van der Waals surface area contributed by atoms with E-state index in [9.17, 15) is 0 Å². The molecular formula is H7AlSiTiZn. The minimum Gasteiger partial charge on any atom is -0.0149 e. The number of hydrogen-bond acceptors (Lipinski definition) is 0. The van der Waals surface area contributed by atoms with Crippen molar-refractivity contribution in [2.45, 2.75) is 0 Å². The molecule has 0 aliphatic carbocycles. The van der Waals surface area contributed by atoms with Crippen molar-refractivity contribution in [2.24, 2.45) is 0 Å². The Morgan fingerprint density at radius 1 is 1.00 bits per heavy atom. The minimum atomic E-state index is 0. The molecule has 0 N–H and O–H groups in total. The second-order valence-electron chi connectivity index (χ2n) is 0. The van der Waals surface area contributed by atoms with E-state index in [1.54, 1.807) is 0 Å². The predicted molar refractivity (Wildman–Crippen MR) is 21.3 cm³/mol. The second-order valence-corrected chi connectivity index (χ2v) is 0. The van der Waals surface area contributed by atoms with Crippen LogP contribution in [-0.2, 0) is 41.2 Å². The van der Waals surface area contributed by atoms with Crippen LogP contribution in [0.2, 0.25) is 0 Å². The van der Waals surface area contributed by atoms with E-state index in [4.69, 9.17) is 0 Å². The summed E-state index contributed by atoms with van der Waals surface area (Å²) < 4.78 is 0. The van der Waals surface area contributed by atoms with Crippen molar-refractivity contribution in [1.82, 2.24) is 0 Å². The van der Waals surface area contributed by atoms with Crippen LogP contribution < -0.4 is 0 Å². The Hall–Kier alpha value is 2.09. The first-order chi connectivity index (χ1) is 0. The van der Waals surface area contributed by atoms with Crippen LogP contribution in [0.5, 0.6) is 0 Å². The normalized spacial score (nSPS) is 0. The molecule has 0 heterocycles. The summed E-state index contributed by atoms with van der Waals surface area (Å²) in [4.78, 5) is 0. The molecule has 0 radical (unpaired) electrons. The van der Waals surface area contributed by atoms with E-state index in [-0.39, 0.29) is 69.5 Å². The van der Waals surface area contributed by atoms with Gasteiger partial charge < -0.3 is 0 Å². The summed E-state index contributed by atoms with van der Waals surface area (Å²) in [5.74, 6) is 0. The fraction of sp³-hybridized carbons (Fsp3) is 0. The van der Waals surface area contributed by atoms with E-state index in [2.05, 4.69) is 0 Å². The fourth-order valence-corrected chi connectivity index (χ4v) is 0. The molecule has 0 atom stereocenters. The summed E-state index contributed by atoms with van der Waals surface area (Å²) in [5, 5.41) is 0. The molecule has 0 amide bonds. The van der Waals surface area contributed by atoms with Gasteiger partial charge in [-0.2, -0.15) is 0 Å². The molecule has 0 aliphatic rings. The van der Waals surface area contributed by atoms with E-state index in [1.807, 2.05) is 0 Å². The minimum absolute atomic E-state index is 0. The molecule has 20 valence electrons. The molecule has 0 aromatic carbocycles. The third kappa shape index (κ3) is 8.94. The molecule has 0 saturated heterocycles. The van der Waals surface area contributed by atoms with Crippen molar-refractivity contribution in [2.75, 3.05) is 0 Å². The average molecular weight is 175 g/mol. The summed E-state index contributed by atoms with van der Waals surface area (Å²) >= 11 is 0. The van der Waals surface area contributed by atoms with Gasteiger partial charge in [0.25, 0.3) is 0 Å². The van der Waals surface area contributed by atoms with Crippen LogP contribution in [0, 0.1) is 0 Å². The molecule has 0 spiro atoms. The van der Waals surface area contributed by atoms with E-state index in [1.165, 1.54) is 0 Å². The quantitative estimate of drug-likeness (QED) is 0.353. The molecule has 4 heteroatoms. The molecule has 0 unspecified atom stereocenters. The smallest absolute Gasteiger partial charge is 0.0149 e. The van der Waals surface area contributed by atoms with Crippen LogP contribution in [0.15, 0.2) is 0 Å².